The minimum absolute atomic E-state index is 0.132. The molecule has 1 aromatic carbocycles. The van der Waals surface area contributed by atoms with Gasteiger partial charge in [-0.2, -0.15) is 4.80 Å². The number of nitrogens with two attached hydrogens (primary N) is 1. The van der Waals surface area contributed by atoms with Crippen LogP contribution in [0.25, 0.3) is 0 Å². The molecule has 102 valence electrons. The number of benzene rings is 1. The fraction of sp³-hybridized carbons (Fsp3) is 0.222. The molecular weight excluding hydrogens is 275 g/mol. The van der Waals surface area contributed by atoms with E-state index in [1.165, 1.54) is 20.0 Å². The first kappa shape index (κ1) is 13.2. The van der Waals surface area contributed by atoms with Crippen LogP contribution in [-0.2, 0) is 17.1 Å². The Morgan fingerprint density at radius 2 is 2.11 bits per heavy atom. The molecule has 0 amide bonds. The third-order valence-corrected chi connectivity index (χ3v) is 3.59. The van der Waals surface area contributed by atoms with Gasteiger partial charge in [-0.25, -0.2) is 17.5 Å². The van der Waals surface area contributed by atoms with Crippen LogP contribution in [-0.4, -0.2) is 28.6 Å². The lowest BCUT2D eigenvalue weighted by Gasteiger charge is -2.08. The number of nitrogens with one attached hydrogen (secondary N) is 1. The van der Waals surface area contributed by atoms with E-state index in [1.54, 1.807) is 0 Å². The van der Waals surface area contributed by atoms with E-state index in [9.17, 15) is 12.8 Å². The fourth-order valence-electron chi connectivity index (χ4n) is 1.46. The summed E-state index contributed by atoms with van der Waals surface area (Å²) in [5.74, 6) is -1.12. The van der Waals surface area contributed by atoms with E-state index >= 15 is 0 Å². The molecule has 0 fully saturated rings. The molecule has 19 heavy (non-hydrogen) atoms. The summed E-state index contributed by atoms with van der Waals surface area (Å²) in [5, 5.41) is 10.6. The molecule has 0 bridgehead atoms. The third-order valence-electron chi connectivity index (χ3n) is 2.27. The number of hydrogen-bond acceptors (Lipinski definition) is 6. The number of nitrogens with zero attached hydrogens (tertiary/aromatic N) is 4. The van der Waals surface area contributed by atoms with Gasteiger partial charge in [-0.3, -0.25) is 0 Å². The largest absolute Gasteiger partial charge is 0.399 e. The van der Waals surface area contributed by atoms with Crippen molar-refractivity contribution in [3.63, 3.8) is 0 Å². The molecule has 0 saturated carbocycles. The van der Waals surface area contributed by atoms with E-state index in [4.69, 9.17) is 5.73 Å². The number of tetrazole rings is 1. The number of aryl methyl sites for hydroxylation is 2. The highest BCUT2D eigenvalue weighted by molar-refractivity contribution is 7.92. The van der Waals surface area contributed by atoms with Crippen LogP contribution in [0.1, 0.15) is 5.56 Å². The van der Waals surface area contributed by atoms with Gasteiger partial charge >= 0.3 is 0 Å². The number of rotatable bonds is 3. The zero-order valence-electron chi connectivity index (χ0n) is 10.1. The average Bonchev–Trinajstić information content (AvgIpc) is 2.68. The van der Waals surface area contributed by atoms with E-state index in [0.717, 1.165) is 10.9 Å². The molecule has 0 spiro atoms. The molecule has 0 saturated heterocycles. The number of anilines is 2. The van der Waals surface area contributed by atoms with E-state index in [2.05, 4.69) is 15.4 Å². The van der Waals surface area contributed by atoms with Crippen LogP contribution in [0.5, 0.6) is 0 Å². The van der Waals surface area contributed by atoms with Crippen LogP contribution in [0.15, 0.2) is 17.0 Å². The predicted molar refractivity (Wildman–Crippen MR) is 65.2 cm³/mol. The summed E-state index contributed by atoms with van der Waals surface area (Å²) in [4.78, 5) is 0.510. The van der Waals surface area contributed by atoms with Crippen LogP contribution < -0.4 is 10.5 Å². The fourth-order valence-corrected chi connectivity index (χ4v) is 2.58. The highest BCUT2D eigenvalue weighted by Gasteiger charge is 2.23. The zero-order chi connectivity index (χ0) is 14.2. The molecule has 2 rings (SSSR count). The Balaban J connectivity index is 2.45. The molecule has 8 nitrogen and oxygen atoms in total. The van der Waals surface area contributed by atoms with Crippen molar-refractivity contribution in [3.05, 3.63) is 23.5 Å². The minimum atomic E-state index is -4.16. The van der Waals surface area contributed by atoms with Gasteiger partial charge < -0.3 is 5.73 Å². The Morgan fingerprint density at radius 1 is 1.42 bits per heavy atom. The van der Waals surface area contributed by atoms with Crippen LogP contribution in [0, 0.1) is 12.7 Å². The third kappa shape index (κ3) is 2.62. The maximum absolute atomic E-state index is 13.8. The van der Waals surface area contributed by atoms with Crippen molar-refractivity contribution >= 4 is 21.7 Å². The van der Waals surface area contributed by atoms with Crippen LogP contribution in [0.4, 0.5) is 16.0 Å². The van der Waals surface area contributed by atoms with Crippen molar-refractivity contribution in [1.29, 1.82) is 0 Å². The highest BCUT2D eigenvalue weighted by atomic mass is 32.2. The van der Waals surface area contributed by atoms with Crippen molar-refractivity contribution in [2.24, 2.45) is 7.05 Å². The van der Waals surface area contributed by atoms with Crippen LogP contribution in [0.3, 0.4) is 0 Å². The normalized spacial score (nSPS) is 11.5. The number of hydrogen-bond donors (Lipinski definition) is 2. The molecule has 3 N–H and O–H groups in total. The van der Waals surface area contributed by atoms with Crippen molar-refractivity contribution < 1.29 is 12.8 Å². The zero-order valence-corrected chi connectivity index (χ0v) is 10.9. The van der Waals surface area contributed by atoms with Crippen molar-refractivity contribution in [3.8, 4) is 0 Å². The molecule has 0 aliphatic carbocycles. The summed E-state index contributed by atoms with van der Waals surface area (Å²) in [6.45, 7) is 1.42. The van der Waals surface area contributed by atoms with Crippen molar-refractivity contribution in [1.82, 2.24) is 20.2 Å². The Morgan fingerprint density at radius 3 is 2.68 bits per heavy atom. The molecular formula is C9H11FN6O2S. The first-order chi connectivity index (χ1) is 8.79. The van der Waals surface area contributed by atoms with Gasteiger partial charge in [0.15, 0.2) is 0 Å². The molecule has 2 aromatic rings. The van der Waals surface area contributed by atoms with Gasteiger partial charge in [0.2, 0.25) is 0 Å². The Bertz CT molecular complexity index is 726. The maximum Gasteiger partial charge on any atom is 0.277 e. The summed E-state index contributed by atoms with van der Waals surface area (Å²) >= 11 is 0. The predicted octanol–water partition coefficient (Wildman–Crippen LogP) is 0.0406. The highest BCUT2D eigenvalue weighted by Crippen LogP contribution is 2.22. The minimum Gasteiger partial charge on any atom is -0.399 e. The molecule has 0 radical (unpaired) electrons. The number of sulfonamides is 1. The van der Waals surface area contributed by atoms with E-state index in [1.807, 2.05) is 4.72 Å². The summed E-state index contributed by atoms with van der Waals surface area (Å²) < 4.78 is 39.9. The Hall–Kier alpha value is -2.23. The first-order valence-corrected chi connectivity index (χ1v) is 6.60. The summed E-state index contributed by atoms with van der Waals surface area (Å²) in [6.07, 6.45) is 0. The van der Waals surface area contributed by atoms with Crippen LogP contribution >= 0.6 is 0 Å². The van der Waals surface area contributed by atoms with Gasteiger partial charge in [0.05, 0.1) is 7.05 Å². The molecule has 1 aromatic heterocycles. The molecule has 0 aliphatic rings. The van der Waals surface area contributed by atoms with Gasteiger partial charge in [-0.05, 0) is 29.8 Å². The molecule has 0 atom stereocenters. The van der Waals surface area contributed by atoms with Gasteiger partial charge in [-0.1, -0.05) is 5.10 Å². The van der Waals surface area contributed by atoms with Crippen molar-refractivity contribution in [2.75, 3.05) is 10.5 Å². The number of nitrogen functional groups attached to an aromatic ring is 1. The second-order valence-electron chi connectivity index (χ2n) is 3.86. The molecule has 0 aliphatic heterocycles. The van der Waals surface area contributed by atoms with Crippen molar-refractivity contribution in [2.45, 2.75) is 11.8 Å². The molecule has 10 heteroatoms. The molecule has 0 unspecified atom stereocenters. The van der Waals surface area contributed by atoms with Crippen LogP contribution in [0.2, 0.25) is 0 Å². The Kier molecular flexibility index (Phi) is 3.10. The summed E-state index contributed by atoms with van der Waals surface area (Å²) in [5.41, 5.74) is 5.79. The topological polar surface area (TPSA) is 116 Å². The standard InChI is InChI=1S/C9H11FN6O2S/c1-5-3-6(11)4-7(8(5)10)19(17,18)14-9-12-15-16(2)13-9/h3-4H,11H2,1-2H3,(H,13,14). The van der Waals surface area contributed by atoms with E-state index < -0.39 is 20.7 Å². The number of halogens is 1. The molecule has 1 heterocycles. The second-order valence-corrected chi connectivity index (χ2v) is 5.51. The van der Waals surface area contributed by atoms with Gasteiger partial charge in [-0.15, -0.1) is 5.10 Å². The van der Waals surface area contributed by atoms with Gasteiger partial charge in [0.1, 0.15) is 10.7 Å². The smallest absolute Gasteiger partial charge is 0.277 e. The monoisotopic (exact) mass is 286 g/mol. The second kappa shape index (κ2) is 4.46. The summed E-state index contributed by atoms with van der Waals surface area (Å²) in [7, 11) is -2.69. The lowest BCUT2D eigenvalue weighted by molar-refractivity contribution is 0.565. The maximum atomic E-state index is 13.8. The number of aromatic nitrogens is 4. The summed E-state index contributed by atoms with van der Waals surface area (Å²) in [6, 6.07) is 2.37. The van der Waals surface area contributed by atoms with E-state index in [0.29, 0.717) is 0 Å². The quantitative estimate of drug-likeness (QED) is 0.770. The SMILES string of the molecule is Cc1cc(N)cc(S(=O)(=O)Nc2nnn(C)n2)c1F. The lowest BCUT2D eigenvalue weighted by Crippen LogP contribution is -2.16. The lowest BCUT2D eigenvalue weighted by atomic mass is 10.2. The van der Waals surface area contributed by atoms with Gasteiger partial charge in [0.25, 0.3) is 16.0 Å². The first-order valence-electron chi connectivity index (χ1n) is 5.12. The van der Waals surface area contributed by atoms with Gasteiger partial charge in [0, 0.05) is 5.69 Å². The Labute approximate surface area is 108 Å². The van der Waals surface area contributed by atoms with E-state index in [-0.39, 0.29) is 17.2 Å². The average molecular weight is 286 g/mol.